The van der Waals surface area contributed by atoms with E-state index in [0.29, 0.717) is 25.3 Å². The predicted molar refractivity (Wildman–Crippen MR) is 102 cm³/mol. The van der Waals surface area contributed by atoms with Crippen molar-refractivity contribution in [2.75, 3.05) is 26.2 Å². The van der Waals surface area contributed by atoms with Gasteiger partial charge in [-0.05, 0) is 12.1 Å². The summed E-state index contributed by atoms with van der Waals surface area (Å²) in [5.41, 5.74) is -0.0523. The third-order valence-electron chi connectivity index (χ3n) is 4.97. The Morgan fingerprint density at radius 2 is 1.68 bits per heavy atom. The molecule has 9 nitrogen and oxygen atoms in total. The second-order valence-electron chi connectivity index (χ2n) is 6.66. The van der Waals surface area contributed by atoms with Crippen LogP contribution >= 0.6 is 0 Å². The molecule has 0 atom stereocenters. The van der Waals surface area contributed by atoms with Crippen molar-refractivity contribution in [3.8, 4) is 6.07 Å². The SMILES string of the molecule is Cn1c(CN2CCN(S(=O)(=O)c3ccccc3C#N)CC2)cc(=O)n(C)c1=O. The quantitative estimate of drug-likeness (QED) is 0.679. The molecule has 148 valence electrons. The summed E-state index contributed by atoms with van der Waals surface area (Å²) in [6, 6.07) is 9.50. The number of benzene rings is 1. The van der Waals surface area contributed by atoms with E-state index in [2.05, 4.69) is 0 Å². The van der Waals surface area contributed by atoms with E-state index in [1.54, 1.807) is 19.2 Å². The highest BCUT2D eigenvalue weighted by atomic mass is 32.2. The lowest BCUT2D eigenvalue weighted by Crippen LogP contribution is -2.49. The van der Waals surface area contributed by atoms with Crippen molar-refractivity contribution in [1.82, 2.24) is 18.3 Å². The molecule has 0 N–H and O–H groups in total. The van der Waals surface area contributed by atoms with Crippen LogP contribution in [0, 0.1) is 11.3 Å². The summed E-state index contributed by atoms with van der Waals surface area (Å²) in [7, 11) is -0.717. The number of hydrogen-bond donors (Lipinski definition) is 0. The lowest BCUT2D eigenvalue weighted by atomic mass is 10.2. The summed E-state index contributed by atoms with van der Waals surface area (Å²) in [6.45, 7) is 1.82. The van der Waals surface area contributed by atoms with Gasteiger partial charge in [0.1, 0.15) is 6.07 Å². The van der Waals surface area contributed by atoms with Crippen molar-refractivity contribution in [2.45, 2.75) is 11.4 Å². The third-order valence-corrected chi connectivity index (χ3v) is 6.92. The molecule has 1 saturated heterocycles. The van der Waals surface area contributed by atoms with E-state index in [9.17, 15) is 23.3 Å². The molecule has 10 heteroatoms. The number of nitrogens with zero attached hydrogens (tertiary/aromatic N) is 5. The molecular formula is C18H21N5O4S. The Kier molecular flexibility index (Phi) is 5.51. The van der Waals surface area contributed by atoms with Crippen molar-refractivity contribution in [1.29, 1.82) is 5.26 Å². The van der Waals surface area contributed by atoms with E-state index in [1.807, 2.05) is 11.0 Å². The van der Waals surface area contributed by atoms with Crippen molar-refractivity contribution in [3.05, 3.63) is 62.4 Å². The first-order valence-electron chi connectivity index (χ1n) is 8.73. The molecule has 3 rings (SSSR count). The molecule has 1 aliphatic heterocycles. The first-order chi connectivity index (χ1) is 13.3. The van der Waals surface area contributed by atoms with E-state index in [4.69, 9.17) is 0 Å². The van der Waals surface area contributed by atoms with Crippen molar-refractivity contribution in [3.63, 3.8) is 0 Å². The normalized spacial score (nSPS) is 16.0. The molecule has 0 spiro atoms. The minimum absolute atomic E-state index is 0.0138. The highest BCUT2D eigenvalue weighted by Crippen LogP contribution is 2.21. The lowest BCUT2D eigenvalue weighted by Gasteiger charge is -2.34. The molecule has 1 aromatic carbocycles. The van der Waals surface area contributed by atoms with Gasteiger partial charge in [-0.1, -0.05) is 12.1 Å². The van der Waals surface area contributed by atoms with E-state index in [-0.39, 0.29) is 29.1 Å². The monoisotopic (exact) mass is 403 g/mol. The minimum Gasteiger partial charge on any atom is -0.299 e. The maximum absolute atomic E-state index is 12.9. The van der Waals surface area contributed by atoms with Gasteiger partial charge in [0.25, 0.3) is 5.56 Å². The average molecular weight is 403 g/mol. The predicted octanol–water partition coefficient (Wildman–Crippen LogP) is -0.538. The van der Waals surface area contributed by atoms with Gasteiger partial charge < -0.3 is 0 Å². The van der Waals surface area contributed by atoms with Gasteiger partial charge in [-0.25, -0.2) is 13.2 Å². The maximum Gasteiger partial charge on any atom is 0.330 e. The van der Waals surface area contributed by atoms with Crippen LogP contribution in [-0.4, -0.2) is 52.9 Å². The first-order valence-corrected chi connectivity index (χ1v) is 10.2. The van der Waals surface area contributed by atoms with Crippen LogP contribution in [0.2, 0.25) is 0 Å². The van der Waals surface area contributed by atoms with Gasteiger partial charge in [0, 0.05) is 58.6 Å². The molecule has 0 aliphatic carbocycles. The smallest absolute Gasteiger partial charge is 0.299 e. The molecule has 0 unspecified atom stereocenters. The van der Waals surface area contributed by atoms with Gasteiger partial charge in [-0.15, -0.1) is 0 Å². The average Bonchev–Trinajstić information content (AvgIpc) is 2.70. The molecule has 0 radical (unpaired) electrons. The lowest BCUT2D eigenvalue weighted by molar-refractivity contribution is 0.177. The number of nitriles is 1. The number of rotatable bonds is 4. The standard InChI is InChI=1S/C18H21N5O4S/c1-20-15(11-17(24)21(2)18(20)25)13-22-7-9-23(10-8-22)28(26,27)16-6-4-3-5-14(16)12-19/h3-6,11H,7-10,13H2,1-2H3. The van der Waals surface area contributed by atoms with Crippen LogP contribution in [0.15, 0.2) is 44.8 Å². The van der Waals surface area contributed by atoms with Gasteiger partial charge >= 0.3 is 5.69 Å². The van der Waals surface area contributed by atoms with Crippen LogP contribution in [-0.2, 0) is 30.7 Å². The molecule has 1 aromatic heterocycles. The summed E-state index contributed by atoms with van der Waals surface area (Å²) in [5, 5.41) is 9.18. The Bertz CT molecular complexity index is 1150. The minimum atomic E-state index is -3.75. The highest BCUT2D eigenvalue weighted by Gasteiger charge is 2.30. The molecule has 1 aliphatic rings. The van der Waals surface area contributed by atoms with E-state index >= 15 is 0 Å². The van der Waals surface area contributed by atoms with Gasteiger partial charge in [-0.3, -0.25) is 18.8 Å². The molecule has 0 amide bonds. The molecule has 1 fully saturated rings. The van der Waals surface area contributed by atoms with Crippen LogP contribution in [0.1, 0.15) is 11.3 Å². The Hall–Kier alpha value is -2.74. The van der Waals surface area contributed by atoms with Crippen LogP contribution in [0.3, 0.4) is 0 Å². The van der Waals surface area contributed by atoms with Gasteiger partial charge in [0.05, 0.1) is 10.5 Å². The first kappa shape index (κ1) is 20.0. The number of piperazine rings is 1. The molecule has 2 aromatic rings. The Morgan fingerprint density at radius 1 is 1.04 bits per heavy atom. The summed E-state index contributed by atoms with van der Waals surface area (Å²) in [6.07, 6.45) is 0. The van der Waals surface area contributed by atoms with Gasteiger partial charge in [-0.2, -0.15) is 9.57 Å². The zero-order chi connectivity index (χ0) is 20.5. The fourth-order valence-electron chi connectivity index (χ4n) is 3.21. The van der Waals surface area contributed by atoms with E-state index in [0.717, 1.165) is 4.57 Å². The second kappa shape index (κ2) is 7.71. The second-order valence-corrected chi connectivity index (χ2v) is 8.57. The molecular weight excluding hydrogens is 382 g/mol. The van der Waals surface area contributed by atoms with Crippen molar-refractivity contribution >= 4 is 10.0 Å². The van der Waals surface area contributed by atoms with Gasteiger partial charge in [0.15, 0.2) is 0 Å². The molecule has 2 heterocycles. The maximum atomic E-state index is 12.9. The van der Waals surface area contributed by atoms with Crippen molar-refractivity contribution in [2.24, 2.45) is 14.1 Å². The zero-order valence-electron chi connectivity index (χ0n) is 15.7. The number of sulfonamides is 1. The molecule has 0 saturated carbocycles. The largest absolute Gasteiger partial charge is 0.330 e. The number of hydrogen-bond acceptors (Lipinski definition) is 6. The fourth-order valence-corrected chi connectivity index (χ4v) is 4.77. The Balaban J connectivity index is 1.74. The van der Waals surface area contributed by atoms with Crippen LogP contribution in [0.4, 0.5) is 0 Å². The van der Waals surface area contributed by atoms with Crippen LogP contribution in [0.25, 0.3) is 0 Å². The topological polar surface area (TPSA) is 108 Å². The summed E-state index contributed by atoms with van der Waals surface area (Å²) >= 11 is 0. The third kappa shape index (κ3) is 3.64. The van der Waals surface area contributed by atoms with Crippen LogP contribution in [0.5, 0.6) is 0 Å². The fraction of sp³-hybridized carbons (Fsp3) is 0.389. The summed E-state index contributed by atoms with van der Waals surface area (Å²) < 4.78 is 29.6. The molecule has 0 bridgehead atoms. The summed E-state index contributed by atoms with van der Waals surface area (Å²) in [4.78, 5) is 25.9. The molecule has 28 heavy (non-hydrogen) atoms. The van der Waals surface area contributed by atoms with Crippen molar-refractivity contribution < 1.29 is 8.42 Å². The Morgan fingerprint density at radius 3 is 2.32 bits per heavy atom. The highest BCUT2D eigenvalue weighted by molar-refractivity contribution is 7.89. The summed E-state index contributed by atoms with van der Waals surface area (Å²) in [5.74, 6) is 0. The zero-order valence-corrected chi connectivity index (χ0v) is 16.5. The van der Waals surface area contributed by atoms with Crippen LogP contribution < -0.4 is 11.2 Å². The Labute approximate surface area is 162 Å². The van der Waals surface area contributed by atoms with E-state index < -0.39 is 15.7 Å². The van der Waals surface area contributed by atoms with Gasteiger partial charge in [0.2, 0.25) is 10.0 Å². The van der Waals surface area contributed by atoms with E-state index in [1.165, 1.54) is 34.1 Å². The number of aromatic nitrogens is 2.